The van der Waals surface area contributed by atoms with E-state index in [0.717, 1.165) is 30.3 Å². The van der Waals surface area contributed by atoms with Gasteiger partial charge in [0.1, 0.15) is 5.82 Å². The fourth-order valence-electron chi connectivity index (χ4n) is 3.07. The molecule has 7 nitrogen and oxygen atoms in total. The first kappa shape index (κ1) is 16.4. The van der Waals surface area contributed by atoms with Gasteiger partial charge in [0.15, 0.2) is 0 Å². The number of urea groups is 1. The number of nitrogens with one attached hydrogen (secondary N) is 1. The Balaban J connectivity index is 1.71. The minimum atomic E-state index is -0.0874. The van der Waals surface area contributed by atoms with E-state index >= 15 is 0 Å². The quantitative estimate of drug-likeness (QED) is 0.936. The summed E-state index contributed by atoms with van der Waals surface area (Å²) in [5.74, 6) is 0.992. The molecule has 1 N–H and O–H groups in total. The molecule has 1 aliphatic heterocycles. The molecule has 1 fully saturated rings. The average Bonchev–Trinajstić information content (AvgIpc) is 3.02. The second-order valence-corrected chi connectivity index (χ2v) is 6.11. The van der Waals surface area contributed by atoms with Crippen molar-refractivity contribution in [2.45, 2.75) is 19.9 Å². The maximum absolute atomic E-state index is 12.6. The minimum absolute atomic E-state index is 0.0874. The molecule has 128 valence electrons. The van der Waals surface area contributed by atoms with Crippen LogP contribution in [0.5, 0.6) is 0 Å². The van der Waals surface area contributed by atoms with Crippen molar-refractivity contribution in [2.24, 2.45) is 7.05 Å². The first-order valence-electron chi connectivity index (χ1n) is 8.28. The molecule has 0 saturated carbocycles. The van der Waals surface area contributed by atoms with Crippen molar-refractivity contribution in [3.8, 4) is 0 Å². The highest BCUT2D eigenvalue weighted by Gasteiger charge is 2.31. The number of carbonyl (C=O) groups excluding carboxylic acids is 1. The van der Waals surface area contributed by atoms with Crippen LogP contribution in [0.1, 0.15) is 24.5 Å². The number of aromatic nitrogens is 3. The van der Waals surface area contributed by atoms with Gasteiger partial charge < -0.3 is 14.8 Å². The Morgan fingerprint density at radius 2 is 2.17 bits per heavy atom. The van der Waals surface area contributed by atoms with Crippen molar-refractivity contribution in [2.75, 3.05) is 31.5 Å². The lowest BCUT2D eigenvalue weighted by molar-refractivity contribution is 0.0927. The van der Waals surface area contributed by atoms with E-state index in [4.69, 9.17) is 0 Å². The number of anilines is 1. The van der Waals surface area contributed by atoms with Crippen molar-refractivity contribution in [3.63, 3.8) is 0 Å². The number of amides is 2. The molecule has 1 aliphatic rings. The summed E-state index contributed by atoms with van der Waals surface area (Å²) in [6.45, 7) is 7.18. The monoisotopic (exact) mass is 328 g/mol. The largest absolute Gasteiger partial charge is 0.337 e. The van der Waals surface area contributed by atoms with Crippen molar-refractivity contribution in [3.05, 3.63) is 42.2 Å². The molecule has 0 unspecified atom stereocenters. The predicted molar refractivity (Wildman–Crippen MR) is 92.8 cm³/mol. The normalized spacial score (nSPS) is 18.6. The fraction of sp³-hybridized carbons (Fsp3) is 0.471. The first-order valence-corrected chi connectivity index (χ1v) is 8.28. The van der Waals surface area contributed by atoms with E-state index in [2.05, 4.69) is 27.1 Å². The van der Waals surface area contributed by atoms with Gasteiger partial charge in [0, 0.05) is 44.8 Å². The highest BCUT2D eigenvalue weighted by molar-refractivity contribution is 5.89. The summed E-state index contributed by atoms with van der Waals surface area (Å²) in [6, 6.07) is 3.79. The number of hydrogen-bond acceptors (Lipinski definition) is 4. The average molecular weight is 328 g/mol. The molecule has 24 heavy (non-hydrogen) atoms. The summed E-state index contributed by atoms with van der Waals surface area (Å²) < 4.78 is 2.03. The molecule has 0 spiro atoms. The third kappa shape index (κ3) is 3.41. The van der Waals surface area contributed by atoms with Crippen LogP contribution in [-0.2, 0) is 7.05 Å². The van der Waals surface area contributed by atoms with Crippen molar-refractivity contribution in [1.82, 2.24) is 24.3 Å². The van der Waals surface area contributed by atoms with Crippen LogP contribution >= 0.6 is 0 Å². The highest BCUT2D eigenvalue weighted by atomic mass is 16.2. The fourth-order valence-corrected chi connectivity index (χ4v) is 3.07. The third-order valence-corrected chi connectivity index (χ3v) is 4.50. The lowest BCUT2D eigenvalue weighted by Gasteiger charge is -2.40. The topological polar surface area (TPSA) is 66.3 Å². The Bertz CT molecular complexity index is 695. The highest BCUT2D eigenvalue weighted by Crippen LogP contribution is 2.24. The van der Waals surface area contributed by atoms with E-state index in [1.807, 2.05) is 41.8 Å². The van der Waals surface area contributed by atoms with E-state index < -0.39 is 0 Å². The number of likely N-dealkylation sites (N-methyl/N-ethyl adjacent to an activating group) is 1. The number of nitrogens with zero attached hydrogens (tertiary/aromatic N) is 5. The van der Waals surface area contributed by atoms with Gasteiger partial charge >= 0.3 is 6.03 Å². The second-order valence-electron chi connectivity index (χ2n) is 6.11. The first-order chi connectivity index (χ1) is 11.6. The van der Waals surface area contributed by atoms with Gasteiger partial charge in [0.25, 0.3) is 0 Å². The Labute approximate surface area is 142 Å². The lowest BCUT2D eigenvalue weighted by Crippen LogP contribution is -2.52. The number of imidazole rings is 1. The molecular formula is C17H24N6O. The van der Waals surface area contributed by atoms with Crippen LogP contribution in [0.25, 0.3) is 0 Å². The summed E-state index contributed by atoms with van der Waals surface area (Å²) in [6.07, 6.45) is 5.44. The summed E-state index contributed by atoms with van der Waals surface area (Å²) in [7, 11) is 1.99. The summed E-state index contributed by atoms with van der Waals surface area (Å²) in [5, 5.41) is 2.93. The van der Waals surface area contributed by atoms with E-state index in [9.17, 15) is 4.79 Å². The molecule has 2 amide bonds. The number of hydrogen-bond donors (Lipinski definition) is 1. The Hall–Kier alpha value is -2.41. The zero-order valence-corrected chi connectivity index (χ0v) is 14.4. The van der Waals surface area contributed by atoms with Crippen LogP contribution in [0.2, 0.25) is 0 Å². The molecule has 7 heteroatoms. The van der Waals surface area contributed by atoms with Crippen LogP contribution in [0.4, 0.5) is 10.5 Å². The van der Waals surface area contributed by atoms with Crippen LogP contribution in [0, 0.1) is 6.92 Å². The molecule has 1 atom stereocenters. The van der Waals surface area contributed by atoms with Gasteiger partial charge in [-0.1, -0.05) is 6.92 Å². The second kappa shape index (κ2) is 7.00. The number of piperazine rings is 1. The van der Waals surface area contributed by atoms with Gasteiger partial charge in [-0.15, -0.1) is 0 Å². The molecule has 3 rings (SSSR count). The lowest BCUT2D eigenvalue weighted by atomic mass is 10.1. The van der Waals surface area contributed by atoms with Crippen LogP contribution in [-0.4, -0.2) is 56.5 Å². The maximum atomic E-state index is 12.6. The van der Waals surface area contributed by atoms with Crippen molar-refractivity contribution >= 4 is 11.7 Å². The molecule has 2 aromatic rings. The number of pyridine rings is 1. The molecule has 0 aliphatic carbocycles. The number of carbonyl (C=O) groups is 1. The molecule has 3 heterocycles. The maximum Gasteiger partial charge on any atom is 0.321 e. The van der Waals surface area contributed by atoms with Gasteiger partial charge in [0.05, 0.1) is 17.9 Å². The third-order valence-electron chi connectivity index (χ3n) is 4.50. The Kier molecular flexibility index (Phi) is 4.80. The zero-order chi connectivity index (χ0) is 17.1. The molecule has 0 radical (unpaired) electrons. The van der Waals surface area contributed by atoms with E-state index in [0.29, 0.717) is 13.1 Å². The Morgan fingerprint density at radius 3 is 2.79 bits per heavy atom. The van der Waals surface area contributed by atoms with Gasteiger partial charge in [0.2, 0.25) is 0 Å². The predicted octanol–water partition coefficient (Wildman–Crippen LogP) is 2.03. The minimum Gasteiger partial charge on any atom is -0.337 e. The zero-order valence-electron chi connectivity index (χ0n) is 14.4. The van der Waals surface area contributed by atoms with Crippen LogP contribution < -0.4 is 5.32 Å². The molecule has 0 bridgehead atoms. The van der Waals surface area contributed by atoms with E-state index in [1.165, 1.54) is 0 Å². The smallest absolute Gasteiger partial charge is 0.321 e. The van der Waals surface area contributed by atoms with Crippen LogP contribution in [0.15, 0.2) is 30.7 Å². The molecule has 0 aromatic carbocycles. The van der Waals surface area contributed by atoms with E-state index in [1.54, 1.807) is 12.4 Å². The molecule has 1 saturated heterocycles. The van der Waals surface area contributed by atoms with Crippen LogP contribution in [0.3, 0.4) is 0 Å². The Morgan fingerprint density at radius 1 is 1.33 bits per heavy atom. The standard InChI is InChI=1S/C17H24N6O/c1-4-22-9-10-23(12-15(22)16-18-7-8-21(16)3)17(24)20-14-6-5-13(2)19-11-14/h5-8,11,15H,4,9-10,12H2,1-3H3,(H,20,24)/t15-/m1/s1. The van der Waals surface area contributed by atoms with Gasteiger partial charge in [-0.2, -0.15) is 0 Å². The van der Waals surface area contributed by atoms with Gasteiger partial charge in [-0.3, -0.25) is 9.88 Å². The molecule has 2 aromatic heterocycles. The SMILES string of the molecule is CCN1CCN(C(=O)Nc2ccc(C)nc2)C[C@@H]1c1nccn1C. The molecular weight excluding hydrogens is 304 g/mol. The number of aryl methyl sites for hydroxylation is 2. The summed E-state index contributed by atoms with van der Waals surface area (Å²) >= 11 is 0. The van der Waals surface area contributed by atoms with E-state index in [-0.39, 0.29) is 12.1 Å². The van der Waals surface area contributed by atoms with Gasteiger partial charge in [-0.25, -0.2) is 9.78 Å². The van der Waals surface area contributed by atoms with Crippen molar-refractivity contribution in [1.29, 1.82) is 0 Å². The van der Waals surface area contributed by atoms with Crippen molar-refractivity contribution < 1.29 is 4.79 Å². The van der Waals surface area contributed by atoms with Gasteiger partial charge in [-0.05, 0) is 25.6 Å². The summed E-state index contributed by atoms with van der Waals surface area (Å²) in [5.41, 5.74) is 1.65. The number of rotatable bonds is 3. The summed E-state index contributed by atoms with van der Waals surface area (Å²) in [4.78, 5) is 25.5.